The topological polar surface area (TPSA) is 26.9 Å². The number of fused-ring (bicyclic) bond motifs is 1. The van der Waals surface area contributed by atoms with Gasteiger partial charge < -0.3 is 0 Å². The quantitative estimate of drug-likeness (QED) is 0.511. The van der Waals surface area contributed by atoms with Crippen LogP contribution in [-0.2, 0) is 6.54 Å². The molecule has 0 saturated carbocycles. The SMILES string of the molecule is O=c1n(Cc2ccc(Br)cc2)c2ccccc2n1-c1ccccc1. The zero-order valence-corrected chi connectivity index (χ0v) is 14.5. The maximum absolute atomic E-state index is 13.1. The van der Waals surface area contributed by atoms with Crippen molar-refractivity contribution >= 4 is 27.0 Å². The van der Waals surface area contributed by atoms with Gasteiger partial charge >= 0.3 is 5.69 Å². The first-order chi connectivity index (χ1) is 11.7. The van der Waals surface area contributed by atoms with Crippen LogP contribution in [0.1, 0.15) is 5.56 Å². The molecule has 0 saturated heterocycles. The third-order valence-electron chi connectivity index (χ3n) is 4.10. The van der Waals surface area contributed by atoms with Crippen molar-refractivity contribution in [2.75, 3.05) is 0 Å². The smallest absolute Gasteiger partial charge is 0.287 e. The number of imidazole rings is 1. The van der Waals surface area contributed by atoms with Crippen molar-refractivity contribution in [3.8, 4) is 5.69 Å². The van der Waals surface area contributed by atoms with Gasteiger partial charge in [0.15, 0.2) is 0 Å². The Kier molecular flexibility index (Phi) is 3.82. The molecule has 0 aliphatic heterocycles. The molecular weight excluding hydrogens is 364 g/mol. The van der Waals surface area contributed by atoms with E-state index in [2.05, 4.69) is 15.9 Å². The molecule has 0 atom stereocenters. The monoisotopic (exact) mass is 378 g/mol. The zero-order valence-electron chi connectivity index (χ0n) is 12.9. The lowest BCUT2D eigenvalue weighted by Crippen LogP contribution is -2.23. The van der Waals surface area contributed by atoms with Crippen LogP contribution in [0.5, 0.6) is 0 Å². The first-order valence-corrected chi connectivity index (χ1v) is 8.53. The molecule has 1 heterocycles. The third kappa shape index (κ3) is 2.59. The number of hydrogen-bond acceptors (Lipinski definition) is 1. The summed E-state index contributed by atoms with van der Waals surface area (Å²) in [6, 6.07) is 25.7. The van der Waals surface area contributed by atoms with Gasteiger partial charge in [0.05, 0.1) is 23.3 Å². The second kappa shape index (κ2) is 6.13. The Morgan fingerprint density at radius 2 is 1.38 bits per heavy atom. The Morgan fingerprint density at radius 1 is 0.750 bits per heavy atom. The number of hydrogen-bond donors (Lipinski definition) is 0. The lowest BCUT2D eigenvalue weighted by molar-refractivity contribution is 0.763. The summed E-state index contributed by atoms with van der Waals surface area (Å²) in [5, 5.41) is 0. The Balaban J connectivity index is 1.92. The van der Waals surface area contributed by atoms with E-state index in [1.54, 1.807) is 4.57 Å². The van der Waals surface area contributed by atoms with E-state index in [1.165, 1.54) is 0 Å². The fourth-order valence-electron chi connectivity index (χ4n) is 2.96. The average molecular weight is 379 g/mol. The molecule has 3 nitrogen and oxygen atoms in total. The first kappa shape index (κ1) is 15.0. The molecule has 1 aromatic heterocycles. The molecule has 4 aromatic rings. The second-order valence-electron chi connectivity index (χ2n) is 5.65. The van der Waals surface area contributed by atoms with Gasteiger partial charge in [-0.05, 0) is 42.0 Å². The second-order valence-corrected chi connectivity index (χ2v) is 6.57. The van der Waals surface area contributed by atoms with E-state index in [1.807, 2.05) is 83.4 Å². The standard InChI is InChI=1S/C20H15BrN2O/c21-16-12-10-15(11-13-16)14-22-18-8-4-5-9-19(18)23(20(22)24)17-6-2-1-3-7-17/h1-13H,14H2. The first-order valence-electron chi connectivity index (χ1n) is 7.74. The largest absolute Gasteiger partial charge is 0.334 e. The van der Waals surface area contributed by atoms with Crippen LogP contribution >= 0.6 is 15.9 Å². The highest BCUT2D eigenvalue weighted by atomic mass is 79.9. The van der Waals surface area contributed by atoms with Crippen LogP contribution in [0.2, 0.25) is 0 Å². The van der Waals surface area contributed by atoms with Gasteiger partial charge in [-0.3, -0.25) is 9.13 Å². The fraction of sp³-hybridized carbons (Fsp3) is 0.0500. The molecule has 4 heteroatoms. The van der Waals surface area contributed by atoms with Crippen molar-refractivity contribution in [2.24, 2.45) is 0 Å². The minimum atomic E-state index is -0.0229. The summed E-state index contributed by atoms with van der Waals surface area (Å²) in [5.74, 6) is 0. The lowest BCUT2D eigenvalue weighted by atomic mass is 10.2. The summed E-state index contributed by atoms with van der Waals surface area (Å²) in [6.45, 7) is 0.548. The normalized spacial score (nSPS) is 11.0. The van der Waals surface area contributed by atoms with Gasteiger partial charge in [-0.2, -0.15) is 0 Å². The molecule has 0 amide bonds. The third-order valence-corrected chi connectivity index (χ3v) is 4.63. The van der Waals surface area contributed by atoms with Crippen LogP contribution in [0.3, 0.4) is 0 Å². The van der Waals surface area contributed by atoms with Gasteiger partial charge in [0, 0.05) is 4.47 Å². The fourth-order valence-corrected chi connectivity index (χ4v) is 3.22. The Hall–Kier alpha value is -2.59. The highest BCUT2D eigenvalue weighted by molar-refractivity contribution is 9.10. The minimum absolute atomic E-state index is 0.0229. The molecule has 0 bridgehead atoms. The van der Waals surface area contributed by atoms with E-state index < -0.39 is 0 Å². The minimum Gasteiger partial charge on any atom is -0.287 e. The van der Waals surface area contributed by atoms with E-state index in [4.69, 9.17) is 0 Å². The van der Waals surface area contributed by atoms with Crippen molar-refractivity contribution in [1.82, 2.24) is 9.13 Å². The van der Waals surface area contributed by atoms with Gasteiger partial charge in [0.25, 0.3) is 0 Å². The van der Waals surface area contributed by atoms with Crippen LogP contribution in [0, 0.1) is 0 Å². The molecule has 118 valence electrons. The summed E-state index contributed by atoms with van der Waals surface area (Å²) in [6.07, 6.45) is 0. The van der Waals surface area contributed by atoms with E-state index in [0.717, 1.165) is 26.8 Å². The van der Waals surface area contributed by atoms with Crippen LogP contribution in [0.25, 0.3) is 16.7 Å². The summed E-state index contributed by atoms with van der Waals surface area (Å²) in [4.78, 5) is 13.1. The van der Waals surface area contributed by atoms with Crippen molar-refractivity contribution in [3.05, 3.63) is 99.4 Å². The molecule has 0 N–H and O–H groups in total. The molecule has 3 aromatic carbocycles. The number of rotatable bonds is 3. The van der Waals surface area contributed by atoms with Crippen LogP contribution in [0.4, 0.5) is 0 Å². The molecule has 0 unspecified atom stereocenters. The van der Waals surface area contributed by atoms with E-state index in [9.17, 15) is 4.79 Å². The van der Waals surface area contributed by atoms with Crippen LogP contribution < -0.4 is 5.69 Å². The maximum Gasteiger partial charge on any atom is 0.334 e. The van der Waals surface area contributed by atoms with Crippen molar-refractivity contribution in [2.45, 2.75) is 6.54 Å². The molecule has 0 radical (unpaired) electrons. The highest BCUT2D eigenvalue weighted by Gasteiger charge is 2.14. The zero-order chi connectivity index (χ0) is 16.5. The van der Waals surface area contributed by atoms with Gasteiger partial charge in [-0.25, -0.2) is 4.79 Å². The molecule has 4 rings (SSSR count). The lowest BCUT2D eigenvalue weighted by Gasteiger charge is -2.04. The van der Waals surface area contributed by atoms with E-state index in [-0.39, 0.29) is 5.69 Å². The Labute approximate surface area is 147 Å². The maximum atomic E-state index is 13.1. The van der Waals surface area contributed by atoms with E-state index >= 15 is 0 Å². The van der Waals surface area contributed by atoms with Gasteiger partial charge in [-0.15, -0.1) is 0 Å². The number of benzene rings is 3. The molecule has 0 aliphatic rings. The molecule has 24 heavy (non-hydrogen) atoms. The van der Waals surface area contributed by atoms with Gasteiger partial charge in [-0.1, -0.05) is 58.4 Å². The Bertz CT molecular complexity index is 1050. The van der Waals surface area contributed by atoms with E-state index in [0.29, 0.717) is 6.54 Å². The average Bonchev–Trinajstić information content (AvgIpc) is 2.90. The van der Waals surface area contributed by atoms with Crippen LogP contribution in [-0.4, -0.2) is 9.13 Å². The van der Waals surface area contributed by atoms with Gasteiger partial charge in [0.2, 0.25) is 0 Å². The number of nitrogens with zero attached hydrogens (tertiary/aromatic N) is 2. The highest BCUT2D eigenvalue weighted by Crippen LogP contribution is 2.19. The number of aromatic nitrogens is 2. The van der Waals surface area contributed by atoms with Crippen LogP contribution in [0.15, 0.2) is 88.1 Å². The van der Waals surface area contributed by atoms with Crippen molar-refractivity contribution in [1.29, 1.82) is 0 Å². The predicted molar refractivity (Wildman–Crippen MR) is 101 cm³/mol. The molecule has 0 aliphatic carbocycles. The summed E-state index contributed by atoms with van der Waals surface area (Å²) >= 11 is 3.45. The summed E-state index contributed by atoms with van der Waals surface area (Å²) < 4.78 is 4.63. The molecular formula is C20H15BrN2O. The summed E-state index contributed by atoms with van der Waals surface area (Å²) in [7, 11) is 0. The van der Waals surface area contributed by atoms with Gasteiger partial charge in [0.1, 0.15) is 0 Å². The Morgan fingerprint density at radius 3 is 2.08 bits per heavy atom. The number of para-hydroxylation sites is 3. The number of halogens is 1. The van der Waals surface area contributed by atoms with Crippen molar-refractivity contribution in [3.63, 3.8) is 0 Å². The molecule has 0 spiro atoms. The van der Waals surface area contributed by atoms with Crippen molar-refractivity contribution < 1.29 is 0 Å². The molecule has 0 fully saturated rings. The summed E-state index contributed by atoms with van der Waals surface area (Å²) in [5.41, 5.74) is 3.81. The predicted octanol–water partition coefficient (Wildman–Crippen LogP) is 4.60.